The van der Waals surface area contributed by atoms with Gasteiger partial charge >= 0.3 is 0 Å². The summed E-state index contributed by atoms with van der Waals surface area (Å²) in [7, 11) is 0. The lowest BCUT2D eigenvalue weighted by atomic mass is 9.93. The van der Waals surface area contributed by atoms with E-state index in [1.807, 2.05) is 0 Å². The van der Waals surface area contributed by atoms with Crippen LogP contribution >= 0.6 is 0 Å². The molecule has 2 atom stereocenters. The Kier molecular flexibility index (Phi) is 3.82. The van der Waals surface area contributed by atoms with Crippen molar-refractivity contribution in [2.45, 2.75) is 63.5 Å². The van der Waals surface area contributed by atoms with Crippen LogP contribution in [0.2, 0.25) is 0 Å². The van der Waals surface area contributed by atoms with Crippen LogP contribution in [0.4, 0.5) is 0 Å². The zero-order valence-electron chi connectivity index (χ0n) is 12.2. The van der Waals surface area contributed by atoms with Crippen LogP contribution in [0.3, 0.4) is 0 Å². The van der Waals surface area contributed by atoms with Gasteiger partial charge in [-0.05, 0) is 56.9 Å². The molecular formula is C16H27N3. The van der Waals surface area contributed by atoms with Crippen LogP contribution in [0, 0.1) is 23.2 Å². The summed E-state index contributed by atoms with van der Waals surface area (Å²) in [4.78, 5) is 2.55. The zero-order chi connectivity index (χ0) is 13.3. The van der Waals surface area contributed by atoms with Gasteiger partial charge in [-0.15, -0.1) is 0 Å². The highest BCUT2D eigenvalue weighted by atomic mass is 15.2. The third kappa shape index (κ3) is 3.12. The topological polar surface area (TPSA) is 39.1 Å². The Hall–Kier alpha value is -0.590. The third-order valence-corrected chi connectivity index (χ3v) is 5.05. The Morgan fingerprint density at radius 2 is 2.05 bits per heavy atom. The van der Waals surface area contributed by atoms with Crippen molar-refractivity contribution in [3.8, 4) is 6.07 Å². The largest absolute Gasteiger partial charge is 0.300 e. The molecule has 1 saturated heterocycles. The molecule has 0 aromatic carbocycles. The number of nitrogens with zero attached hydrogens (tertiary/aromatic N) is 2. The molecule has 106 valence electrons. The van der Waals surface area contributed by atoms with Crippen LogP contribution in [-0.2, 0) is 0 Å². The lowest BCUT2D eigenvalue weighted by Crippen LogP contribution is -2.55. The van der Waals surface area contributed by atoms with Crippen molar-refractivity contribution in [1.82, 2.24) is 10.2 Å². The fourth-order valence-corrected chi connectivity index (χ4v) is 3.67. The number of nitriles is 1. The van der Waals surface area contributed by atoms with Gasteiger partial charge in [-0.2, -0.15) is 5.26 Å². The minimum Gasteiger partial charge on any atom is -0.300 e. The summed E-state index contributed by atoms with van der Waals surface area (Å²) in [6.07, 6.45) is 9.03. The molecule has 0 spiro atoms. The quantitative estimate of drug-likeness (QED) is 0.765. The van der Waals surface area contributed by atoms with E-state index in [2.05, 4.69) is 23.2 Å². The van der Waals surface area contributed by atoms with Gasteiger partial charge in [0.1, 0.15) is 5.54 Å². The fraction of sp³-hybridized carbons (Fsp3) is 0.938. The molecule has 3 aliphatic rings. The zero-order valence-corrected chi connectivity index (χ0v) is 12.2. The summed E-state index contributed by atoms with van der Waals surface area (Å²) in [6.45, 7) is 5.66. The summed E-state index contributed by atoms with van der Waals surface area (Å²) in [6, 6.07) is 3.30. The highest BCUT2D eigenvalue weighted by Crippen LogP contribution is 2.42. The number of rotatable bonds is 7. The highest BCUT2D eigenvalue weighted by molar-refractivity contribution is 5.18. The first-order valence-electron chi connectivity index (χ1n) is 8.17. The minimum absolute atomic E-state index is 0.234. The molecular weight excluding hydrogens is 234 g/mol. The van der Waals surface area contributed by atoms with Crippen LogP contribution < -0.4 is 5.32 Å². The van der Waals surface area contributed by atoms with Crippen LogP contribution in [0.15, 0.2) is 0 Å². The third-order valence-electron chi connectivity index (χ3n) is 5.05. The first kappa shape index (κ1) is 13.4. The second kappa shape index (κ2) is 5.42. The first-order chi connectivity index (χ1) is 9.25. The molecule has 0 aromatic rings. The fourth-order valence-electron chi connectivity index (χ4n) is 3.67. The maximum atomic E-state index is 9.75. The van der Waals surface area contributed by atoms with Crippen molar-refractivity contribution >= 4 is 0 Å². The number of hydrogen-bond donors (Lipinski definition) is 1. The summed E-state index contributed by atoms with van der Waals surface area (Å²) in [5.41, 5.74) is -0.234. The van der Waals surface area contributed by atoms with Gasteiger partial charge in [-0.1, -0.05) is 13.3 Å². The molecule has 3 rings (SSSR count). The predicted octanol–water partition coefficient (Wildman–Crippen LogP) is 2.53. The SMILES string of the molecule is CCCC1CCN(CC(C#N)(NC2CC2)C2CC2)C1. The molecule has 1 heterocycles. The Morgan fingerprint density at radius 3 is 2.63 bits per heavy atom. The van der Waals surface area contributed by atoms with Gasteiger partial charge in [-0.3, -0.25) is 5.32 Å². The molecule has 0 amide bonds. The van der Waals surface area contributed by atoms with Crippen LogP contribution in [0.5, 0.6) is 0 Å². The molecule has 2 unspecified atom stereocenters. The Labute approximate surface area is 117 Å². The van der Waals surface area contributed by atoms with Crippen molar-refractivity contribution in [3.63, 3.8) is 0 Å². The first-order valence-corrected chi connectivity index (χ1v) is 8.17. The van der Waals surface area contributed by atoms with Crippen molar-refractivity contribution in [1.29, 1.82) is 5.26 Å². The maximum absolute atomic E-state index is 9.75. The Bertz CT molecular complexity index is 353. The molecule has 2 saturated carbocycles. The van der Waals surface area contributed by atoms with Gasteiger partial charge in [-0.25, -0.2) is 0 Å². The smallest absolute Gasteiger partial charge is 0.122 e. The van der Waals surface area contributed by atoms with Crippen LogP contribution in [-0.4, -0.2) is 36.1 Å². The molecule has 19 heavy (non-hydrogen) atoms. The Morgan fingerprint density at radius 1 is 1.26 bits per heavy atom. The van der Waals surface area contributed by atoms with E-state index in [0.717, 1.165) is 12.5 Å². The molecule has 1 N–H and O–H groups in total. The van der Waals surface area contributed by atoms with Gasteiger partial charge in [0.2, 0.25) is 0 Å². The highest BCUT2D eigenvalue weighted by Gasteiger charge is 2.49. The molecule has 3 nitrogen and oxygen atoms in total. The standard InChI is InChI=1S/C16H27N3/c1-2-3-13-8-9-19(10-13)12-16(11-17,14-4-5-14)18-15-6-7-15/h13-15,18H,2-10,12H2,1H3. The summed E-state index contributed by atoms with van der Waals surface area (Å²) >= 11 is 0. The number of nitrogens with one attached hydrogen (secondary N) is 1. The van der Waals surface area contributed by atoms with Gasteiger partial charge in [0, 0.05) is 19.1 Å². The van der Waals surface area contributed by atoms with Gasteiger partial charge < -0.3 is 4.90 Å². The van der Waals surface area contributed by atoms with Crippen LogP contribution in [0.25, 0.3) is 0 Å². The van der Waals surface area contributed by atoms with Crippen molar-refractivity contribution in [2.24, 2.45) is 11.8 Å². The predicted molar refractivity (Wildman–Crippen MR) is 76.7 cm³/mol. The lowest BCUT2D eigenvalue weighted by molar-refractivity contribution is 0.219. The van der Waals surface area contributed by atoms with E-state index in [9.17, 15) is 5.26 Å². The van der Waals surface area contributed by atoms with Crippen LogP contribution in [0.1, 0.15) is 51.9 Å². The lowest BCUT2D eigenvalue weighted by Gasteiger charge is -2.32. The summed E-state index contributed by atoms with van der Waals surface area (Å²) < 4.78 is 0. The van der Waals surface area contributed by atoms with Crippen molar-refractivity contribution in [3.05, 3.63) is 0 Å². The van der Waals surface area contributed by atoms with Crippen molar-refractivity contribution < 1.29 is 0 Å². The van der Waals surface area contributed by atoms with E-state index in [1.54, 1.807) is 0 Å². The van der Waals surface area contributed by atoms with E-state index in [0.29, 0.717) is 12.0 Å². The maximum Gasteiger partial charge on any atom is 0.122 e. The average Bonchev–Trinajstić information content (AvgIpc) is 3.30. The van der Waals surface area contributed by atoms with Gasteiger partial charge in [0.05, 0.1) is 6.07 Å². The summed E-state index contributed by atoms with van der Waals surface area (Å²) in [5, 5.41) is 13.4. The molecule has 2 aliphatic carbocycles. The molecule has 0 aromatic heterocycles. The second-order valence-corrected chi connectivity index (χ2v) is 6.95. The Balaban J connectivity index is 1.60. The molecule has 0 radical (unpaired) electrons. The average molecular weight is 261 g/mol. The van der Waals surface area contributed by atoms with E-state index in [1.165, 1.54) is 58.0 Å². The molecule has 1 aliphatic heterocycles. The van der Waals surface area contributed by atoms with E-state index in [4.69, 9.17) is 0 Å². The number of likely N-dealkylation sites (tertiary alicyclic amines) is 1. The van der Waals surface area contributed by atoms with E-state index in [-0.39, 0.29) is 5.54 Å². The summed E-state index contributed by atoms with van der Waals surface area (Å²) in [5.74, 6) is 1.49. The van der Waals surface area contributed by atoms with Gasteiger partial charge in [0.15, 0.2) is 0 Å². The van der Waals surface area contributed by atoms with E-state index >= 15 is 0 Å². The second-order valence-electron chi connectivity index (χ2n) is 6.95. The van der Waals surface area contributed by atoms with E-state index < -0.39 is 0 Å². The molecule has 3 heteroatoms. The molecule has 3 fully saturated rings. The number of hydrogen-bond acceptors (Lipinski definition) is 3. The minimum atomic E-state index is -0.234. The monoisotopic (exact) mass is 261 g/mol. The van der Waals surface area contributed by atoms with Crippen molar-refractivity contribution in [2.75, 3.05) is 19.6 Å². The molecule has 0 bridgehead atoms. The normalized spacial score (nSPS) is 31.1. The van der Waals surface area contributed by atoms with Gasteiger partial charge in [0.25, 0.3) is 0 Å².